The Kier molecular flexibility index (Phi) is 6.04. The van der Waals surface area contributed by atoms with Crippen LogP contribution in [0.15, 0.2) is 29.2 Å². The van der Waals surface area contributed by atoms with Gasteiger partial charge in [-0.15, -0.1) is 0 Å². The highest BCUT2D eigenvalue weighted by atomic mass is 32.2. The molecule has 4 aliphatic carbocycles. The molecule has 5 fully saturated rings. The highest BCUT2D eigenvalue weighted by molar-refractivity contribution is 7.89. The van der Waals surface area contributed by atoms with Gasteiger partial charge in [0.2, 0.25) is 15.9 Å². The topological polar surface area (TPSA) is 78.0 Å². The first-order valence-corrected chi connectivity index (χ1v) is 14.2. The van der Waals surface area contributed by atoms with Crippen LogP contribution in [0, 0.1) is 23.2 Å². The lowest BCUT2D eigenvalue weighted by Gasteiger charge is -2.57. The molecule has 1 heterocycles. The van der Waals surface area contributed by atoms with E-state index in [4.69, 9.17) is 0 Å². The third kappa shape index (κ3) is 4.06. The average molecular weight is 488 g/mol. The van der Waals surface area contributed by atoms with Crippen molar-refractivity contribution in [2.45, 2.75) is 63.3 Å². The van der Waals surface area contributed by atoms with E-state index in [0.717, 1.165) is 37.0 Å². The average Bonchev–Trinajstić information content (AvgIpc) is 2.82. The molecule has 0 radical (unpaired) electrons. The van der Waals surface area contributed by atoms with Gasteiger partial charge in [-0.25, -0.2) is 8.42 Å². The second-order valence-corrected chi connectivity index (χ2v) is 13.4. The molecule has 4 saturated carbocycles. The molecule has 0 aromatic heterocycles. The van der Waals surface area contributed by atoms with Gasteiger partial charge in [0.1, 0.15) is 0 Å². The number of sulfonamides is 1. The molecule has 0 atom stereocenters. The fourth-order valence-corrected chi connectivity index (χ4v) is 8.58. The van der Waals surface area contributed by atoms with E-state index in [1.165, 1.54) is 35.7 Å². The zero-order valence-corrected chi connectivity index (χ0v) is 21.4. The monoisotopic (exact) mass is 487 g/mol. The van der Waals surface area contributed by atoms with Gasteiger partial charge >= 0.3 is 0 Å². The number of hydrogen-bond acceptors (Lipinski definition) is 4. The molecule has 0 unspecified atom stereocenters. The molecule has 4 bridgehead atoms. The number of carbonyl (C=O) groups excluding carboxylic acids is 2. The number of nitrogens with zero attached hydrogens (tertiary/aromatic N) is 3. The lowest BCUT2D eigenvalue weighted by atomic mass is 9.49. The second kappa shape index (κ2) is 8.63. The fraction of sp³-hybridized carbons (Fsp3) is 0.692. The van der Waals surface area contributed by atoms with Crippen LogP contribution in [0.2, 0.25) is 0 Å². The van der Waals surface area contributed by atoms with Crippen molar-refractivity contribution in [1.82, 2.24) is 14.1 Å². The van der Waals surface area contributed by atoms with Crippen molar-refractivity contribution < 1.29 is 18.0 Å². The van der Waals surface area contributed by atoms with Crippen LogP contribution in [-0.2, 0) is 14.8 Å². The number of benzene rings is 1. The zero-order chi connectivity index (χ0) is 24.3. The minimum Gasteiger partial charge on any atom is -0.339 e. The Bertz CT molecular complexity index is 1020. The van der Waals surface area contributed by atoms with Crippen LogP contribution in [0.4, 0.5) is 0 Å². The van der Waals surface area contributed by atoms with E-state index in [1.807, 2.05) is 18.7 Å². The van der Waals surface area contributed by atoms with Crippen LogP contribution < -0.4 is 0 Å². The summed E-state index contributed by atoms with van der Waals surface area (Å²) in [5, 5.41) is 0. The summed E-state index contributed by atoms with van der Waals surface area (Å²) in [6, 6.07) is 6.05. The maximum atomic E-state index is 13.6. The second-order valence-electron chi connectivity index (χ2n) is 11.4. The summed E-state index contributed by atoms with van der Waals surface area (Å²) in [5.74, 6) is 2.45. The molecule has 1 aliphatic heterocycles. The highest BCUT2D eigenvalue weighted by Gasteiger charge is 2.55. The molecule has 6 rings (SSSR count). The van der Waals surface area contributed by atoms with Crippen molar-refractivity contribution in [1.29, 1.82) is 0 Å². The van der Waals surface area contributed by atoms with Crippen molar-refractivity contribution in [3.8, 4) is 0 Å². The Labute approximate surface area is 203 Å². The SMILES string of the molecule is CC(C)N(C)S(=O)(=O)c1ccc(C(=O)N2CCN(C(=O)C34CC5CC(CC(C5)C3)C4)CC2)cc1. The standard InChI is InChI=1S/C26H37N3O4S/c1-18(2)27(3)34(32,33)23-6-4-22(5-7-23)24(30)28-8-10-29(11-9-28)25(31)26-15-19-12-20(16-26)14-21(13-19)17-26/h4-7,18-21H,8-17H2,1-3H3. The summed E-state index contributed by atoms with van der Waals surface area (Å²) >= 11 is 0. The molecule has 1 aromatic carbocycles. The molecule has 186 valence electrons. The number of rotatable bonds is 5. The largest absolute Gasteiger partial charge is 0.339 e. The van der Waals surface area contributed by atoms with Gasteiger partial charge in [0.25, 0.3) is 5.91 Å². The van der Waals surface area contributed by atoms with Crippen LogP contribution in [0.25, 0.3) is 0 Å². The van der Waals surface area contributed by atoms with Crippen molar-refractivity contribution in [2.75, 3.05) is 33.2 Å². The van der Waals surface area contributed by atoms with Gasteiger partial charge in [0, 0.05) is 44.8 Å². The summed E-state index contributed by atoms with van der Waals surface area (Å²) in [4.78, 5) is 30.6. The van der Waals surface area contributed by atoms with Gasteiger partial charge in [-0.1, -0.05) is 0 Å². The fourth-order valence-electron chi connectivity index (χ4n) is 7.22. The van der Waals surface area contributed by atoms with Gasteiger partial charge in [-0.2, -0.15) is 4.31 Å². The summed E-state index contributed by atoms with van der Waals surface area (Å²) in [7, 11) is -2.02. The normalized spacial score (nSPS) is 30.9. The first kappa shape index (κ1) is 23.8. The molecule has 1 saturated heterocycles. The number of amides is 2. The summed E-state index contributed by atoms with van der Waals surface area (Å²) in [5.41, 5.74) is 0.345. The summed E-state index contributed by atoms with van der Waals surface area (Å²) < 4.78 is 26.7. The van der Waals surface area contributed by atoms with Gasteiger partial charge in [-0.05, 0) is 94.4 Å². The van der Waals surface area contributed by atoms with Gasteiger partial charge in [-0.3, -0.25) is 9.59 Å². The van der Waals surface area contributed by atoms with Crippen LogP contribution in [0.1, 0.15) is 62.7 Å². The predicted octanol–water partition coefficient (Wildman–Crippen LogP) is 3.22. The minimum absolute atomic E-state index is 0.108. The summed E-state index contributed by atoms with van der Waals surface area (Å²) in [6.07, 6.45) is 7.17. The van der Waals surface area contributed by atoms with Crippen LogP contribution in [-0.4, -0.2) is 73.6 Å². The molecule has 5 aliphatic rings. The smallest absolute Gasteiger partial charge is 0.253 e. The van der Waals surface area contributed by atoms with Crippen LogP contribution >= 0.6 is 0 Å². The van der Waals surface area contributed by atoms with Crippen molar-refractivity contribution in [2.24, 2.45) is 23.2 Å². The first-order valence-electron chi connectivity index (χ1n) is 12.8. The molecular weight excluding hydrogens is 450 g/mol. The molecular formula is C26H37N3O4S. The predicted molar refractivity (Wildman–Crippen MR) is 130 cm³/mol. The molecule has 7 nitrogen and oxygen atoms in total. The van der Waals surface area contributed by atoms with Gasteiger partial charge < -0.3 is 9.80 Å². The molecule has 0 spiro atoms. The minimum atomic E-state index is -3.58. The van der Waals surface area contributed by atoms with Crippen LogP contribution in [0.5, 0.6) is 0 Å². The Morgan fingerprint density at radius 2 is 1.35 bits per heavy atom. The van der Waals surface area contributed by atoms with E-state index < -0.39 is 10.0 Å². The van der Waals surface area contributed by atoms with Crippen LogP contribution in [0.3, 0.4) is 0 Å². The Balaban J connectivity index is 1.21. The number of carbonyl (C=O) groups is 2. The summed E-state index contributed by atoms with van der Waals surface area (Å²) in [6.45, 7) is 5.85. The van der Waals surface area contributed by atoms with E-state index in [-0.39, 0.29) is 22.3 Å². The zero-order valence-electron chi connectivity index (χ0n) is 20.6. The third-order valence-electron chi connectivity index (χ3n) is 8.85. The Morgan fingerprint density at radius 3 is 1.82 bits per heavy atom. The Hall–Kier alpha value is -1.93. The quantitative estimate of drug-likeness (QED) is 0.639. The van der Waals surface area contributed by atoms with E-state index in [0.29, 0.717) is 37.6 Å². The van der Waals surface area contributed by atoms with Crippen molar-refractivity contribution in [3.05, 3.63) is 29.8 Å². The number of piperazine rings is 1. The van der Waals surface area contributed by atoms with Gasteiger partial charge in [0.05, 0.1) is 10.3 Å². The molecule has 0 N–H and O–H groups in total. The van der Waals surface area contributed by atoms with Crippen molar-refractivity contribution >= 4 is 21.8 Å². The van der Waals surface area contributed by atoms with E-state index in [2.05, 4.69) is 0 Å². The highest BCUT2D eigenvalue weighted by Crippen LogP contribution is 2.60. The third-order valence-corrected chi connectivity index (χ3v) is 10.9. The Morgan fingerprint density at radius 1 is 0.882 bits per heavy atom. The maximum Gasteiger partial charge on any atom is 0.253 e. The van der Waals surface area contributed by atoms with Crippen molar-refractivity contribution in [3.63, 3.8) is 0 Å². The van der Waals surface area contributed by atoms with E-state index in [9.17, 15) is 18.0 Å². The molecule has 34 heavy (non-hydrogen) atoms. The molecule has 2 amide bonds. The maximum absolute atomic E-state index is 13.6. The molecule has 8 heteroatoms. The van der Waals surface area contributed by atoms with E-state index >= 15 is 0 Å². The van der Waals surface area contributed by atoms with E-state index in [1.54, 1.807) is 24.1 Å². The lowest BCUT2D eigenvalue weighted by Crippen LogP contribution is -2.58. The first-order chi connectivity index (χ1) is 16.1. The lowest BCUT2D eigenvalue weighted by molar-refractivity contribution is -0.159. The van der Waals surface area contributed by atoms with Gasteiger partial charge in [0.15, 0.2) is 0 Å². The number of hydrogen-bond donors (Lipinski definition) is 0. The molecule has 1 aromatic rings.